The highest BCUT2D eigenvalue weighted by Gasteiger charge is 2.30. The number of ether oxygens (including phenoxy) is 2. The molecular weight excluding hydrogens is 437 g/mol. The molecule has 7 nitrogen and oxygen atoms in total. The molecule has 182 valence electrons. The van der Waals surface area contributed by atoms with E-state index in [0.717, 1.165) is 38.2 Å². The van der Waals surface area contributed by atoms with E-state index in [1.165, 1.54) is 22.1 Å². The number of halogens is 1. The highest BCUT2D eigenvalue weighted by Crippen LogP contribution is 2.29. The van der Waals surface area contributed by atoms with Gasteiger partial charge in [-0.15, -0.1) is 0 Å². The molecule has 0 bridgehead atoms. The predicted octanol–water partition coefficient (Wildman–Crippen LogP) is 1.91. The van der Waals surface area contributed by atoms with Crippen LogP contribution in [-0.2, 0) is 24.2 Å². The lowest BCUT2D eigenvalue weighted by Crippen LogP contribution is -2.44. The van der Waals surface area contributed by atoms with Crippen molar-refractivity contribution in [3.63, 3.8) is 0 Å². The van der Waals surface area contributed by atoms with Crippen molar-refractivity contribution < 1.29 is 23.8 Å². The van der Waals surface area contributed by atoms with Crippen LogP contribution in [0.25, 0.3) is 0 Å². The summed E-state index contributed by atoms with van der Waals surface area (Å²) in [5.74, 6) is -0.705. The Labute approximate surface area is 199 Å². The first-order valence-corrected chi connectivity index (χ1v) is 12.1. The molecule has 0 radical (unpaired) electrons. The molecule has 1 N–H and O–H groups in total. The highest BCUT2D eigenvalue weighted by molar-refractivity contribution is 5.97. The second-order valence-corrected chi connectivity index (χ2v) is 9.35. The van der Waals surface area contributed by atoms with Crippen LogP contribution in [0.3, 0.4) is 0 Å². The van der Waals surface area contributed by atoms with Gasteiger partial charge in [-0.05, 0) is 35.2 Å². The Morgan fingerprint density at radius 3 is 2.59 bits per heavy atom. The normalized spacial score (nSPS) is 20.3. The number of carbonyl (C=O) groups excluding carboxylic acids is 1. The van der Waals surface area contributed by atoms with E-state index in [-0.39, 0.29) is 24.5 Å². The Morgan fingerprint density at radius 1 is 0.971 bits per heavy atom. The van der Waals surface area contributed by atoms with Crippen LogP contribution in [0.5, 0.6) is 5.75 Å². The molecule has 0 aromatic heterocycles. The number of rotatable bonds is 6. The standard InChI is InChI=1S/C26H32FN3O4/c27-23-13-19(15-28-7-10-33-11-8-28)14-24-25(23)26(32)30(9-12-34-24)18-22(31)17-29-6-5-20-3-1-2-4-21(20)16-29/h1-4,13-14,22,31H,5-12,15-18H2. The molecule has 5 rings (SSSR count). The Kier molecular flexibility index (Phi) is 7.10. The molecule has 0 aliphatic carbocycles. The Bertz CT molecular complexity index is 1030. The molecule has 2 aromatic carbocycles. The van der Waals surface area contributed by atoms with Gasteiger partial charge in [-0.3, -0.25) is 14.6 Å². The van der Waals surface area contributed by atoms with Crippen LogP contribution < -0.4 is 4.74 Å². The number of aliphatic hydroxyl groups excluding tert-OH is 1. The first-order valence-electron chi connectivity index (χ1n) is 12.1. The van der Waals surface area contributed by atoms with Gasteiger partial charge in [0, 0.05) is 45.8 Å². The first-order chi connectivity index (χ1) is 16.6. The third-order valence-electron chi connectivity index (χ3n) is 6.85. The molecule has 1 amide bonds. The lowest BCUT2D eigenvalue weighted by molar-refractivity contribution is 0.0341. The van der Waals surface area contributed by atoms with Crippen molar-refractivity contribution in [2.45, 2.75) is 25.6 Å². The van der Waals surface area contributed by atoms with Gasteiger partial charge in [-0.25, -0.2) is 4.39 Å². The van der Waals surface area contributed by atoms with Crippen molar-refractivity contribution in [3.05, 3.63) is 64.5 Å². The number of carbonyl (C=O) groups is 1. The minimum absolute atomic E-state index is 0.0395. The minimum Gasteiger partial charge on any atom is -0.491 e. The maximum absolute atomic E-state index is 15.1. The Balaban J connectivity index is 1.23. The third-order valence-corrected chi connectivity index (χ3v) is 6.85. The lowest BCUT2D eigenvalue weighted by atomic mass is 10.00. The number of benzene rings is 2. The molecule has 1 saturated heterocycles. The lowest BCUT2D eigenvalue weighted by Gasteiger charge is -2.32. The topological polar surface area (TPSA) is 65.5 Å². The van der Waals surface area contributed by atoms with Gasteiger partial charge in [-0.1, -0.05) is 24.3 Å². The van der Waals surface area contributed by atoms with Gasteiger partial charge in [-0.2, -0.15) is 0 Å². The molecule has 1 fully saturated rings. The van der Waals surface area contributed by atoms with Crippen LogP contribution >= 0.6 is 0 Å². The van der Waals surface area contributed by atoms with Crippen molar-refractivity contribution in [2.75, 3.05) is 59.1 Å². The van der Waals surface area contributed by atoms with E-state index in [0.29, 0.717) is 32.8 Å². The fourth-order valence-electron chi connectivity index (χ4n) is 5.08. The first kappa shape index (κ1) is 23.2. The number of β-amino-alcohol motifs (C(OH)–C–C–N with tert-alkyl or cyclic N) is 1. The van der Waals surface area contributed by atoms with Crippen LogP contribution in [0.4, 0.5) is 4.39 Å². The molecule has 8 heteroatoms. The summed E-state index contributed by atoms with van der Waals surface area (Å²) in [7, 11) is 0. The van der Waals surface area contributed by atoms with E-state index < -0.39 is 17.8 Å². The van der Waals surface area contributed by atoms with Gasteiger partial charge < -0.3 is 19.5 Å². The summed E-state index contributed by atoms with van der Waals surface area (Å²) in [5, 5.41) is 10.8. The highest BCUT2D eigenvalue weighted by atomic mass is 19.1. The van der Waals surface area contributed by atoms with Crippen LogP contribution in [0, 0.1) is 5.82 Å². The van der Waals surface area contributed by atoms with Crippen LogP contribution in [0.1, 0.15) is 27.0 Å². The van der Waals surface area contributed by atoms with Crippen molar-refractivity contribution in [1.29, 1.82) is 0 Å². The van der Waals surface area contributed by atoms with E-state index in [1.54, 1.807) is 6.07 Å². The summed E-state index contributed by atoms with van der Waals surface area (Å²) < 4.78 is 26.3. The number of amides is 1. The van der Waals surface area contributed by atoms with Crippen LogP contribution in [0.2, 0.25) is 0 Å². The van der Waals surface area contributed by atoms with Gasteiger partial charge in [0.05, 0.1) is 25.9 Å². The Hall–Kier alpha value is -2.52. The van der Waals surface area contributed by atoms with Crippen LogP contribution in [0.15, 0.2) is 36.4 Å². The zero-order chi connectivity index (χ0) is 23.5. The van der Waals surface area contributed by atoms with E-state index in [9.17, 15) is 9.90 Å². The van der Waals surface area contributed by atoms with E-state index in [4.69, 9.17) is 9.47 Å². The van der Waals surface area contributed by atoms with E-state index in [1.807, 2.05) is 6.07 Å². The van der Waals surface area contributed by atoms with Crippen LogP contribution in [-0.4, -0.2) is 90.9 Å². The molecule has 1 unspecified atom stereocenters. The SMILES string of the molecule is O=C1c2c(F)cc(CN3CCOCC3)cc2OCCN1CC(O)CN1CCc2ccccc2C1. The summed E-state index contributed by atoms with van der Waals surface area (Å²) in [6.45, 7) is 6.37. The van der Waals surface area contributed by atoms with Gasteiger partial charge in [0.25, 0.3) is 5.91 Å². The maximum atomic E-state index is 15.1. The number of aliphatic hydroxyl groups is 1. The fourth-order valence-corrected chi connectivity index (χ4v) is 5.08. The molecule has 34 heavy (non-hydrogen) atoms. The molecule has 3 heterocycles. The molecule has 1 atom stereocenters. The average molecular weight is 470 g/mol. The molecule has 2 aromatic rings. The number of hydrogen-bond donors (Lipinski definition) is 1. The van der Waals surface area contributed by atoms with E-state index >= 15 is 4.39 Å². The average Bonchev–Trinajstić information content (AvgIpc) is 2.98. The third kappa shape index (κ3) is 5.25. The smallest absolute Gasteiger partial charge is 0.260 e. The van der Waals surface area contributed by atoms with Crippen molar-refractivity contribution in [3.8, 4) is 5.75 Å². The molecule has 3 aliphatic heterocycles. The summed E-state index contributed by atoms with van der Waals surface area (Å²) >= 11 is 0. The summed E-state index contributed by atoms with van der Waals surface area (Å²) in [6.07, 6.45) is 0.226. The van der Waals surface area contributed by atoms with Gasteiger partial charge >= 0.3 is 0 Å². The summed E-state index contributed by atoms with van der Waals surface area (Å²) in [4.78, 5) is 19.1. The quantitative estimate of drug-likeness (QED) is 0.698. The molecule has 0 spiro atoms. The van der Waals surface area contributed by atoms with Gasteiger partial charge in [0.15, 0.2) is 0 Å². The molecular formula is C26H32FN3O4. The Morgan fingerprint density at radius 2 is 1.76 bits per heavy atom. The minimum atomic E-state index is -0.723. The van der Waals surface area contributed by atoms with Gasteiger partial charge in [0.1, 0.15) is 23.7 Å². The second-order valence-electron chi connectivity index (χ2n) is 9.35. The predicted molar refractivity (Wildman–Crippen MR) is 125 cm³/mol. The number of morpholine rings is 1. The molecule has 3 aliphatic rings. The van der Waals surface area contributed by atoms with Crippen molar-refractivity contribution >= 4 is 5.91 Å². The number of fused-ring (bicyclic) bond motifs is 2. The zero-order valence-electron chi connectivity index (χ0n) is 19.4. The van der Waals surface area contributed by atoms with Crippen molar-refractivity contribution in [1.82, 2.24) is 14.7 Å². The van der Waals surface area contributed by atoms with E-state index in [2.05, 4.69) is 28.0 Å². The fraction of sp³-hybridized carbons (Fsp3) is 0.500. The van der Waals surface area contributed by atoms with Gasteiger partial charge in [0.2, 0.25) is 0 Å². The van der Waals surface area contributed by atoms with Crippen molar-refractivity contribution in [2.24, 2.45) is 0 Å². The molecule has 0 saturated carbocycles. The second kappa shape index (κ2) is 10.4. The zero-order valence-corrected chi connectivity index (χ0v) is 19.4. The number of hydrogen-bond acceptors (Lipinski definition) is 6. The largest absolute Gasteiger partial charge is 0.491 e. The summed E-state index contributed by atoms with van der Waals surface area (Å²) in [6, 6.07) is 11.6. The summed E-state index contributed by atoms with van der Waals surface area (Å²) in [5.41, 5.74) is 3.38. The number of nitrogens with zero attached hydrogens (tertiary/aromatic N) is 3. The monoisotopic (exact) mass is 469 g/mol. The maximum Gasteiger partial charge on any atom is 0.260 e.